The van der Waals surface area contributed by atoms with Crippen LogP contribution in [-0.2, 0) is 0 Å². The Hall–Kier alpha value is -1.95. The molecule has 1 amide bonds. The molecule has 0 aliphatic carbocycles. The van der Waals surface area contributed by atoms with Crippen molar-refractivity contribution in [2.75, 3.05) is 13.1 Å². The van der Waals surface area contributed by atoms with Gasteiger partial charge in [-0.3, -0.25) is 4.79 Å². The van der Waals surface area contributed by atoms with Gasteiger partial charge in [0.1, 0.15) is 0 Å². The third-order valence-electron chi connectivity index (χ3n) is 3.14. The molecule has 6 nitrogen and oxygen atoms in total. The molecule has 2 aromatic heterocycles. The molecule has 0 unspecified atom stereocenters. The molecular weight excluding hydrogens is 256 g/mol. The Morgan fingerprint density at radius 2 is 2.25 bits per heavy atom. The highest BCUT2D eigenvalue weighted by Crippen LogP contribution is 2.24. The van der Waals surface area contributed by atoms with E-state index in [9.17, 15) is 4.79 Å². The molecule has 0 aliphatic heterocycles. The fourth-order valence-electron chi connectivity index (χ4n) is 1.99. The summed E-state index contributed by atoms with van der Waals surface area (Å²) in [6.07, 6.45) is 0.750. The number of nitrogens with zero attached hydrogens (tertiary/aromatic N) is 2. The fourth-order valence-corrected chi connectivity index (χ4v) is 1.99. The van der Waals surface area contributed by atoms with Gasteiger partial charge in [0.05, 0.1) is 16.6 Å². The van der Waals surface area contributed by atoms with E-state index in [0.29, 0.717) is 35.4 Å². The molecule has 2 rings (SSSR count). The van der Waals surface area contributed by atoms with Gasteiger partial charge in [-0.05, 0) is 31.9 Å². The zero-order valence-corrected chi connectivity index (χ0v) is 12.1. The van der Waals surface area contributed by atoms with Gasteiger partial charge in [0.15, 0.2) is 0 Å². The van der Waals surface area contributed by atoms with Crippen molar-refractivity contribution in [3.63, 3.8) is 0 Å². The zero-order chi connectivity index (χ0) is 14.7. The molecule has 0 saturated heterocycles. The number of aromatic nitrogens is 2. The fraction of sp³-hybridized carbons (Fsp3) is 0.500. The van der Waals surface area contributed by atoms with E-state index >= 15 is 0 Å². The van der Waals surface area contributed by atoms with Crippen LogP contribution in [0.2, 0.25) is 0 Å². The summed E-state index contributed by atoms with van der Waals surface area (Å²) in [6, 6.07) is 1.81. The van der Waals surface area contributed by atoms with Crippen molar-refractivity contribution < 1.29 is 9.32 Å². The number of hydrogen-bond acceptors (Lipinski definition) is 5. The van der Waals surface area contributed by atoms with Crippen molar-refractivity contribution in [2.24, 2.45) is 5.73 Å². The molecule has 0 aromatic carbocycles. The van der Waals surface area contributed by atoms with Crippen LogP contribution in [0.15, 0.2) is 10.6 Å². The molecule has 0 bridgehead atoms. The van der Waals surface area contributed by atoms with Gasteiger partial charge in [-0.1, -0.05) is 19.0 Å². The lowest BCUT2D eigenvalue weighted by atomic mass is 10.0. The van der Waals surface area contributed by atoms with Gasteiger partial charge in [0.25, 0.3) is 11.6 Å². The van der Waals surface area contributed by atoms with Gasteiger partial charge in [-0.2, -0.15) is 0 Å². The van der Waals surface area contributed by atoms with E-state index in [-0.39, 0.29) is 11.8 Å². The normalized spacial score (nSPS) is 11.2. The summed E-state index contributed by atoms with van der Waals surface area (Å²) < 4.78 is 5.19. The van der Waals surface area contributed by atoms with Crippen molar-refractivity contribution in [1.82, 2.24) is 15.5 Å². The topological polar surface area (TPSA) is 94.0 Å². The van der Waals surface area contributed by atoms with Crippen LogP contribution in [0, 0.1) is 6.92 Å². The first kappa shape index (κ1) is 14.5. The predicted molar refractivity (Wildman–Crippen MR) is 76.6 cm³/mol. The van der Waals surface area contributed by atoms with Gasteiger partial charge in [0, 0.05) is 12.2 Å². The summed E-state index contributed by atoms with van der Waals surface area (Å²) in [5, 5.41) is 7.44. The molecule has 2 heterocycles. The third kappa shape index (κ3) is 2.80. The Bertz CT molecular complexity index is 619. The van der Waals surface area contributed by atoms with Crippen molar-refractivity contribution in [1.29, 1.82) is 0 Å². The van der Waals surface area contributed by atoms with E-state index in [4.69, 9.17) is 10.3 Å². The van der Waals surface area contributed by atoms with E-state index in [1.165, 1.54) is 0 Å². The lowest BCUT2D eigenvalue weighted by Gasteiger charge is -2.09. The quantitative estimate of drug-likeness (QED) is 0.811. The number of hydrogen-bond donors (Lipinski definition) is 2. The maximum atomic E-state index is 12.3. The Labute approximate surface area is 117 Å². The Balaban J connectivity index is 2.43. The largest absolute Gasteiger partial charge is 0.352 e. The second-order valence-electron chi connectivity index (χ2n) is 5.10. The van der Waals surface area contributed by atoms with Crippen molar-refractivity contribution in [2.45, 2.75) is 33.1 Å². The number of nitrogens with two attached hydrogens (primary N) is 1. The van der Waals surface area contributed by atoms with E-state index in [0.717, 1.165) is 12.1 Å². The van der Waals surface area contributed by atoms with Crippen LogP contribution in [0.4, 0.5) is 0 Å². The molecule has 6 heteroatoms. The lowest BCUT2D eigenvalue weighted by molar-refractivity contribution is 0.0955. The molecule has 20 heavy (non-hydrogen) atoms. The van der Waals surface area contributed by atoms with Crippen molar-refractivity contribution in [3.05, 3.63) is 23.0 Å². The van der Waals surface area contributed by atoms with Gasteiger partial charge >= 0.3 is 0 Å². The molecule has 0 fully saturated rings. The number of amides is 1. The summed E-state index contributed by atoms with van der Waals surface area (Å²) in [5.41, 5.74) is 7.90. The Morgan fingerprint density at radius 1 is 1.50 bits per heavy atom. The smallest absolute Gasteiger partial charge is 0.259 e. The van der Waals surface area contributed by atoms with Crippen LogP contribution < -0.4 is 11.1 Å². The highest BCUT2D eigenvalue weighted by molar-refractivity contribution is 6.06. The summed E-state index contributed by atoms with van der Waals surface area (Å²) in [4.78, 5) is 16.7. The van der Waals surface area contributed by atoms with Gasteiger partial charge in [-0.25, -0.2) is 4.98 Å². The highest BCUT2D eigenvalue weighted by atomic mass is 16.5. The average Bonchev–Trinajstić information content (AvgIpc) is 2.79. The SMILES string of the molecule is Cc1noc2nc(C(C)C)cc(C(=O)NCCCN)c12. The van der Waals surface area contributed by atoms with Crippen LogP contribution in [0.3, 0.4) is 0 Å². The highest BCUT2D eigenvalue weighted by Gasteiger charge is 2.19. The molecule has 3 N–H and O–H groups in total. The standard InChI is InChI=1S/C14H20N4O2/c1-8(2)11-7-10(13(19)16-6-4-5-15)12-9(3)18-20-14(12)17-11/h7-8H,4-6,15H2,1-3H3,(H,16,19). The van der Waals surface area contributed by atoms with Gasteiger partial charge in [-0.15, -0.1) is 0 Å². The lowest BCUT2D eigenvalue weighted by Crippen LogP contribution is -2.26. The molecule has 0 radical (unpaired) electrons. The van der Waals surface area contributed by atoms with Crippen molar-refractivity contribution >= 4 is 17.0 Å². The van der Waals surface area contributed by atoms with E-state index in [2.05, 4.69) is 15.5 Å². The number of nitrogens with one attached hydrogen (secondary N) is 1. The van der Waals surface area contributed by atoms with Crippen LogP contribution in [0.5, 0.6) is 0 Å². The maximum absolute atomic E-state index is 12.3. The first-order valence-corrected chi connectivity index (χ1v) is 6.79. The maximum Gasteiger partial charge on any atom is 0.259 e. The molecule has 0 atom stereocenters. The summed E-state index contributed by atoms with van der Waals surface area (Å²) in [5.74, 6) is 0.0689. The van der Waals surface area contributed by atoms with Crippen molar-refractivity contribution in [3.8, 4) is 0 Å². The van der Waals surface area contributed by atoms with E-state index < -0.39 is 0 Å². The minimum Gasteiger partial charge on any atom is -0.352 e. The second kappa shape index (κ2) is 6.00. The van der Waals surface area contributed by atoms with Crippen LogP contribution in [0.25, 0.3) is 11.1 Å². The number of fused-ring (bicyclic) bond motifs is 1. The zero-order valence-electron chi connectivity index (χ0n) is 12.1. The second-order valence-corrected chi connectivity index (χ2v) is 5.10. The van der Waals surface area contributed by atoms with Crippen LogP contribution in [-0.4, -0.2) is 29.1 Å². The molecule has 0 aliphatic rings. The minimum absolute atomic E-state index is 0.140. The summed E-state index contributed by atoms with van der Waals surface area (Å²) in [6.45, 7) is 6.95. The monoisotopic (exact) mass is 276 g/mol. The van der Waals surface area contributed by atoms with Crippen LogP contribution >= 0.6 is 0 Å². The summed E-state index contributed by atoms with van der Waals surface area (Å²) >= 11 is 0. The Kier molecular flexibility index (Phi) is 4.34. The Morgan fingerprint density at radius 3 is 2.90 bits per heavy atom. The van der Waals surface area contributed by atoms with Gasteiger partial charge in [0.2, 0.25) is 0 Å². The van der Waals surface area contributed by atoms with E-state index in [1.54, 1.807) is 6.92 Å². The molecule has 2 aromatic rings. The first-order chi connectivity index (χ1) is 9.54. The van der Waals surface area contributed by atoms with E-state index in [1.807, 2.05) is 19.9 Å². The van der Waals surface area contributed by atoms with Crippen LogP contribution in [0.1, 0.15) is 47.9 Å². The molecular formula is C14H20N4O2. The third-order valence-corrected chi connectivity index (χ3v) is 3.14. The van der Waals surface area contributed by atoms with Gasteiger partial charge < -0.3 is 15.6 Å². The average molecular weight is 276 g/mol. The summed E-state index contributed by atoms with van der Waals surface area (Å²) in [7, 11) is 0. The number of pyridine rings is 1. The number of rotatable bonds is 5. The molecule has 108 valence electrons. The number of aryl methyl sites for hydroxylation is 1. The molecule has 0 spiro atoms. The number of carbonyl (C=O) groups is 1. The number of carbonyl (C=O) groups excluding carboxylic acids is 1. The first-order valence-electron chi connectivity index (χ1n) is 6.79. The minimum atomic E-state index is -0.140. The predicted octanol–water partition coefficient (Wildman–Crippen LogP) is 1.73. The molecule has 0 saturated carbocycles.